The lowest BCUT2D eigenvalue weighted by atomic mass is 9.96. The zero-order valence-electron chi connectivity index (χ0n) is 17.0. The smallest absolute Gasteiger partial charge is 0.291 e. The Hall–Kier alpha value is -3.19. The van der Waals surface area contributed by atoms with Gasteiger partial charge < -0.3 is 20.9 Å². The molecular formula is C23H26FN5O. The highest BCUT2D eigenvalue weighted by atomic mass is 19.1. The Kier molecular flexibility index (Phi) is 5.81. The molecule has 1 saturated heterocycles. The largest absolute Gasteiger partial charge is 0.367 e. The lowest BCUT2D eigenvalue weighted by Crippen LogP contribution is -2.37. The molecule has 4 N–H and O–H groups in total. The quantitative estimate of drug-likeness (QED) is 0.598. The molecule has 2 heterocycles. The third-order valence-electron chi connectivity index (χ3n) is 5.62. The number of benzene rings is 2. The zero-order valence-corrected chi connectivity index (χ0v) is 17.0. The number of hydrogen-bond donors (Lipinski definition) is 3. The number of amides is 1. The topological polar surface area (TPSA) is 87.0 Å². The van der Waals surface area contributed by atoms with Crippen LogP contribution in [0.5, 0.6) is 0 Å². The van der Waals surface area contributed by atoms with Gasteiger partial charge in [-0.15, -0.1) is 0 Å². The lowest BCUT2D eigenvalue weighted by Gasteiger charge is -2.34. The van der Waals surface area contributed by atoms with E-state index < -0.39 is 5.91 Å². The first-order valence-corrected chi connectivity index (χ1v) is 10.2. The summed E-state index contributed by atoms with van der Waals surface area (Å²) in [5.74, 6) is -0.103. The Morgan fingerprint density at radius 2 is 2.03 bits per heavy atom. The summed E-state index contributed by atoms with van der Waals surface area (Å²) < 4.78 is 14.7. The molecule has 0 unspecified atom stereocenters. The Labute approximate surface area is 175 Å². The van der Waals surface area contributed by atoms with Gasteiger partial charge in [0.2, 0.25) is 0 Å². The van der Waals surface area contributed by atoms with E-state index in [9.17, 15) is 9.18 Å². The van der Waals surface area contributed by atoms with Gasteiger partial charge in [-0.3, -0.25) is 4.79 Å². The maximum atomic E-state index is 14.7. The van der Waals surface area contributed by atoms with Crippen molar-refractivity contribution in [2.45, 2.75) is 19.8 Å². The van der Waals surface area contributed by atoms with Crippen LogP contribution in [-0.4, -0.2) is 35.5 Å². The molecule has 0 atom stereocenters. The van der Waals surface area contributed by atoms with E-state index in [0.717, 1.165) is 29.7 Å². The Bertz CT molecular complexity index is 1040. The molecule has 30 heavy (non-hydrogen) atoms. The van der Waals surface area contributed by atoms with Gasteiger partial charge in [-0.25, -0.2) is 9.37 Å². The van der Waals surface area contributed by atoms with E-state index in [-0.39, 0.29) is 11.6 Å². The minimum Gasteiger partial charge on any atom is -0.367 e. The van der Waals surface area contributed by atoms with Crippen molar-refractivity contribution in [2.24, 2.45) is 11.7 Å². The van der Waals surface area contributed by atoms with Crippen LogP contribution in [0.25, 0.3) is 11.3 Å². The number of nitrogens with two attached hydrogens (primary N) is 1. The molecule has 0 saturated carbocycles. The molecule has 0 bridgehead atoms. The zero-order chi connectivity index (χ0) is 21.1. The maximum absolute atomic E-state index is 14.7. The fourth-order valence-corrected chi connectivity index (χ4v) is 3.91. The van der Waals surface area contributed by atoms with Gasteiger partial charge in [0.15, 0.2) is 5.82 Å². The molecule has 3 aromatic rings. The van der Waals surface area contributed by atoms with Crippen molar-refractivity contribution >= 4 is 17.3 Å². The summed E-state index contributed by atoms with van der Waals surface area (Å²) >= 11 is 0. The van der Waals surface area contributed by atoms with Crippen molar-refractivity contribution < 1.29 is 9.18 Å². The summed E-state index contributed by atoms with van der Waals surface area (Å²) in [5.41, 5.74) is 9.47. The highest BCUT2D eigenvalue weighted by molar-refractivity contribution is 6.04. The van der Waals surface area contributed by atoms with Gasteiger partial charge in [0, 0.05) is 13.1 Å². The molecular weight excluding hydrogens is 381 g/mol. The number of carbonyl (C=O) groups is 1. The Morgan fingerprint density at radius 3 is 2.77 bits per heavy atom. The molecule has 1 fully saturated rings. The van der Waals surface area contributed by atoms with E-state index in [0.29, 0.717) is 36.9 Å². The van der Waals surface area contributed by atoms with Gasteiger partial charge in [0.05, 0.1) is 23.3 Å². The second-order valence-corrected chi connectivity index (χ2v) is 7.77. The van der Waals surface area contributed by atoms with Gasteiger partial charge in [-0.2, -0.15) is 0 Å². The summed E-state index contributed by atoms with van der Waals surface area (Å²) in [5, 5.41) is 2.83. The van der Waals surface area contributed by atoms with E-state index in [2.05, 4.69) is 15.3 Å². The van der Waals surface area contributed by atoms with Gasteiger partial charge in [0.25, 0.3) is 5.91 Å². The first-order valence-electron chi connectivity index (χ1n) is 10.2. The molecule has 1 aromatic heterocycles. The van der Waals surface area contributed by atoms with Crippen molar-refractivity contribution in [1.82, 2.24) is 9.97 Å². The number of halogens is 1. The monoisotopic (exact) mass is 407 g/mol. The first-order chi connectivity index (χ1) is 14.5. The average molecular weight is 407 g/mol. The molecule has 7 heteroatoms. The van der Waals surface area contributed by atoms with E-state index >= 15 is 0 Å². The van der Waals surface area contributed by atoms with Gasteiger partial charge in [-0.1, -0.05) is 29.8 Å². The summed E-state index contributed by atoms with van der Waals surface area (Å²) in [4.78, 5) is 22.1. The maximum Gasteiger partial charge on any atom is 0.291 e. The van der Waals surface area contributed by atoms with E-state index in [1.165, 1.54) is 6.07 Å². The van der Waals surface area contributed by atoms with Crippen molar-refractivity contribution in [3.63, 3.8) is 0 Å². The van der Waals surface area contributed by atoms with Crippen LogP contribution in [0.15, 0.2) is 48.7 Å². The third-order valence-corrected chi connectivity index (χ3v) is 5.62. The fourth-order valence-electron chi connectivity index (χ4n) is 3.91. The standard InChI is InChI=1S/C23H26FN5O/c1-15-4-2-5-17(12-15)20-14-26-22(27-20)23(30)28-19-7-3-6-18(24)21(19)29-10-8-16(13-25)9-11-29/h2-7,12,14,16H,8-11,13,25H2,1H3,(H,26,27)(H,28,30). The molecule has 0 radical (unpaired) electrons. The van der Waals surface area contributed by atoms with Crippen LogP contribution in [0, 0.1) is 18.7 Å². The molecule has 0 spiro atoms. The highest BCUT2D eigenvalue weighted by Crippen LogP contribution is 2.32. The lowest BCUT2D eigenvalue weighted by molar-refractivity contribution is 0.101. The van der Waals surface area contributed by atoms with Crippen LogP contribution < -0.4 is 16.0 Å². The molecule has 4 rings (SSSR count). The van der Waals surface area contributed by atoms with Crippen molar-refractivity contribution in [2.75, 3.05) is 29.9 Å². The summed E-state index contributed by atoms with van der Waals surface area (Å²) in [6.07, 6.45) is 3.46. The van der Waals surface area contributed by atoms with E-state index in [1.54, 1.807) is 18.3 Å². The number of imidazole rings is 1. The van der Waals surface area contributed by atoms with Crippen LogP contribution in [-0.2, 0) is 0 Å². The summed E-state index contributed by atoms with van der Waals surface area (Å²) in [7, 11) is 0. The molecule has 1 amide bonds. The molecule has 0 aliphatic carbocycles. The van der Waals surface area contributed by atoms with Crippen molar-refractivity contribution in [3.8, 4) is 11.3 Å². The number of para-hydroxylation sites is 1. The van der Waals surface area contributed by atoms with Crippen molar-refractivity contribution in [1.29, 1.82) is 0 Å². The number of aryl methyl sites for hydroxylation is 1. The first kappa shape index (κ1) is 20.1. The van der Waals surface area contributed by atoms with Gasteiger partial charge >= 0.3 is 0 Å². The van der Waals surface area contributed by atoms with Crippen LogP contribution in [0.2, 0.25) is 0 Å². The SMILES string of the molecule is Cc1cccc(-c2cnc(C(=O)Nc3cccc(F)c3N3CCC(CN)CC3)[nH]2)c1. The molecule has 6 nitrogen and oxygen atoms in total. The predicted octanol–water partition coefficient (Wildman–Crippen LogP) is 3.95. The number of aromatic amines is 1. The summed E-state index contributed by atoms with van der Waals surface area (Å²) in [6, 6.07) is 12.7. The number of aromatic nitrogens is 2. The Balaban J connectivity index is 1.54. The summed E-state index contributed by atoms with van der Waals surface area (Å²) in [6.45, 7) is 4.08. The van der Waals surface area contributed by atoms with Crippen LogP contribution in [0.3, 0.4) is 0 Å². The molecule has 156 valence electrons. The number of H-pyrrole nitrogens is 1. The van der Waals surface area contributed by atoms with Gasteiger partial charge in [0.1, 0.15) is 5.82 Å². The third kappa shape index (κ3) is 4.21. The van der Waals surface area contributed by atoms with Crippen LogP contribution in [0.1, 0.15) is 29.0 Å². The average Bonchev–Trinajstić information content (AvgIpc) is 3.25. The highest BCUT2D eigenvalue weighted by Gasteiger charge is 2.24. The van der Waals surface area contributed by atoms with Crippen LogP contribution >= 0.6 is 0 Å². The number of anilines is 2. The van der Waals surface area contributed by atoms with Gasteiger partial charge in [-0.05, 0) is 56.0 Å². The number of rotatable bonds is 5. The second-order valence-electron chi connectivity index (χ2n) is 7.77. The number of carbonyl (C=O) groups excluding carboxylic acids is 1. The number of nitrogens with one attached hydrogen (secondary N) is 2. The van der Waals surface area contributed by atoms with Crippen LogP contribution in [0.4, 0.5) is 15.8 Å². The number of nitrogens with zero attached hydrogens (tertiary/aromatic N) is 2. The van der Waals surface area contributed by atoms with E-state index in [1.807, 2.05) is 36.1 Å². The normalized spacial score (nSPS) is 14.7. The second kappa shape index (κ2) is 8.67. The molecule has 2 aromatic carbocycles. The number of hydrogen-bond acceptors (Lipinski definition) is 4. The minimum atomic E-state index is -0.405. The Morgan fingerprint density at radius 1 is 1.27 bits per heavy atom. The number of piperidine rings is 1. The minimum absolute atomic E-state index is 0.184. The molecule has 1 aliphatic heterocycles. The van der Waals surface area contributed by atoms with E-state index in [4.69, 9.17) is 5.73 Å². The van der Waals surface area contributed by atoms with Crippen molar-refractivity contribution in [3.05, 3.63) is 65.9 Å². The predicted molar refractivity (Wildman–Crippen MR) is 117 cm³/mol. The fraction of sp³-hybridized carbons (Fsp3) is 0.304. The molecule has 1 aliphatic rings.